The van der Waals surface area contributed by atoms with Crippen LogP contribution in [0, 0.1) is 0 Å². The number of fused-ring (bicyclic) bond motifs is 1. The molecule has 2 aromatic heterocycles. The molecule has 0 fully saturated rings. The Bertz CT molecular complexity index is 427. The van der Waals surface area contributed by atoms with Crippen LogP contribution in [-0.4, -0.2) is 20.7 Å². The first-order valence-electron chi connectivity index (χ1n) is 3.59. The van der Waals surface area contributed by atoms with Crippen molar-refractivity contribution in [2.75, 3.05) is 11.8 Å². The first-order valence-corrected chi connectivity index (χ1v) is 4.13. The van der Waals surface area contributed by atoms with Crippen molar-refractivity contribution in [3.05, 3.63) is 18.6 Å². The van der Waals surface area contributed by atoms with Gasteiger partial charge in [0.15, 0.2) is 17.6 Å². The van der Waals surface area contributed by atoms with Crippen molar-refractivity contribution in [1.29, 1.82) is 0 Å². The lowest BCUT2D eigenvalue weighted by molar-refractivity contribution is 0.391. The second kappa shape index (κ2) is 3.10. The van der Waals surface area contributed by atoms with Crippen LogP contribution in [0.4, 0.5) is 5.82 Å². The monoisotopic (exact) mass is 198 g/mol. The summed E-state index contributed by atoms with van der Waals surface area (Å²) >= 11 is 5.44. The van der Waals surface area contributed by atoms with E-state index in [9.17, 15) is 0 Å². The quantitative estimate of drug-likeness (QED) is 0.728. The molecule has 68 valence electrons. The summed E-state index contributed by atoms with van der Waals surface area (Å²) in [5.74, 6) is 0.781. The summed E-state index contributed by atoms with van der Waals surface area (Å²) in [6, 6.07) is 1.82. The predicted octanol–water partition coefficient (Wildman–Crippen LogP) is 0.887. The number of aromatic nitrogens is 3. The number of hydrogen-bond acceptors (Lipinski definition) is 4. The molecule has 2 heterocycles. The first-order chi connectivity index (χ1) is 6.33. The highest BCUT2D eigenvalue weighted by atomic mass is 35.5. The number of nitrogens with zero attached hydrogens (tertiary/aromatic N) is 3. The van der Waals surface area contributed by atoms with E-state index in [-0.39, 0.29) is 6.07 Å². The number of nitrogens with two attached hydrogens (primary N) is 1. The third kappa shape index (κ3) is 1.27. The Labute approximate surface area is 79.1 Å². The third-order valence-electron chi connectivity index (χ3n) is 1.64. The minimum Gasteiger partial charge on any atom is -0.472 e. The van der Waals surface area contributed by atoms with E-state index in [1.54, 1.807) is 16.8 Å². The Balaban J connectivity index is 2.66. The van der Waals surface area contributed by atoms with Crippen LogP contribution in [0.3, 0.4) is 0 Å². The zero-order valence-electron chi connectivity index (χ0n) is 6.64. The van der Waals surface area contributed by atoms with Gasteiger partial charge in [0.25, 0.3) is 0 Å². The van der Waals surface area contributed by atoms with Gasteiger partial charge in [-0.3, -0.25) is 0 Å². The van der Waals surface area contributed by atoms with E-state index in [0.29, 0.717) is 11.6 Å². The average Bonchev–Trinajstić information content (AvgIpc) is 2.58. The molecule has 0 spiro atoms. The third-order valence-corrected chi connectivity index (χ3v) is 1.75. The van der Waals surface area contributed by atoms with E-state index in [0.717, 1.165) is 5.52 Å². The molecule has 0 aliphatic carbocycles. The van der Waals surface area contributed by atoms with Crippen molar-refractivity contribution in [3.8, 4) is 5.75 Å². The molecular formula is C7H7ClN4O. The summed E-state index contributed by atoms with van der Waals surface area (Å²) in [6.45, 7) is 0. The summed E-state index contributed by atoms with van der Waals surface area (Å²) in [7, 11) is 0. The molecule has 0 saturated carbocycles. The SMILES string of the molecule is Nc1ncn2nccc2c1OCCl. The highest BCUT2D eigenvalue weighted by Crippen LogP contribution is 2.24. The fraction of sp³-hybridized carbons (Fsp3) is 0.143. The van der Waals surface area contributed by atoms with Gasteiger partial charge >= 0.3 is 0 Å². The van der Waals surface area contributed by atoms with Crippen molar-refractivity contribution in [2.45, 2.75) is 0 Å². The summed E-state index contributed by atoms with van der Waals surface area (Å²) in [5, 5.41) is 3.98. The maximum Gasteiger partial charge on any atom is 0.188 e. The predicted molar refractivity (Wildman–Crippen MR) is 48.7 cm³/mol. The maximum atomic E-state index is 5.60. The Morgan fingerprint density at radius 2 is 2.46 bits per heavy atom. The number of halogens is 1. The van der Waals surface area contributed by atoms with Gasteiger partial charge in [0, 0.05) is 0 Å². The topological polar surface area (TPSA) is 65.4 Å². The lowest BCUT2D eigenvalue weighted by Crippen LogP contribution is -2.01. The van der Waals surface area contributed by atoms with Crippen LogP contribution in [0.25, 0.3) is 5.52 Å². The molecule has 0 radical (unpaired) electrons. The van der Waals surface area contributed by atoms with Crippen LogP contribution in [0.1, 0.15) is 0 Å². The molecule has 0 unspecified atom stereocenters. The lowest BCUT2D eigenvalue weighted by Gasteiger charge is -2.05. The maximum absolute atomic E-state index is 5.60. The van der Waals surface area contributed by atoms with Crippen molar-refractivity contribution in [3.63, 3.8) is 0 Å². The van der Waals surface area contributed by atoms with Gasteiger partial charge in [-0.1, -0.05) is 11.6 Å². The Morgan fingerprint density at radius 1 is 1.62 bits per heavy atom. The lowest BCUT2D eigenvalue weighted by atomic mass is 10.4. The number of rotatable bonds is 2. The van der Waals surface area contributed by atoms with Gasteiger partial charge in [-0.15, -0.1) is 0 Å². The van der Waals surface area contributed by atoms with Crippen LogP contribution in [0.2, 0.25) is 0 Å². The second-order valence-corrected chi connectivity index (χ2v) is 2.59. The van der Waals surface area contributed by atoms with Gasteiger partial charge in [0.2, 0.25) is 0 Å². The van der Waals surface area contributed by atoms with Gasteiger partial charge in [-0.2, -0.15) is 5.10 Å². The molecule has 2 N–H and O–H groups in total. The van der Waals surface area contributed by atoms with Crippen LogP contribution in [0.5, 0.6) is 5.75 Å². The van der Waals surface area contributed by atoms with Gasteiger partial charge in [0.1, 0.15) is 11.8 Å². The molecule has 13 heavy (non-hydrogen) atoms. The van der Waals surface area contributed by atoms with Crippen molar-refractivity contribution < 1.29 is 4.74 Å². The van der Waals surface area contributed by atoms with Crippen LogP contribution in [0.15, 0.2) is 18.6 Å². The van der Waals surface area contributed by atoms with E-state index >= 15 is 0 Å². The van der Waals surface area contributed by atoms with Gasteiger partial charge in [0.05, 0.1) is 6.20 Å². The molecule has 0 aromatic carbocycles. The summed E-state index contributed by atoms with van der Waals surface area (Å²) < 4.78 is 6.69. The molecule has 5 nitrogen and oxygen atoms in total. The van der Waals surface area contributed by atoms with Crippen LogP contribution >= 0.6 is 11.6 Å². The Morgan fingerprint density at radius 3 is 3.23 bits per heavy atom. The molecule has 0 saturated heterocycles. The highest BCUT2D eigenvalue weighted by Gasteiger charge is 2.07. The van der Waals surface area contributed by atoms with Crippen molar-refractivity contribution in [1.82, 2.24) is 14.6 Å². The highest BCUT2D eigenvalue weighted by molar-refractivity contribution is 6.17. The molecule has 6 heteroatoms. The van der Waals surface area contributed by atoms with Crippen LogP contribution < -0.4 is 10.5 Å². The average molecular weight is 199 g/mol. The largest absolute Gasteiger partial charge is 0.472 e. The molecule has 0 aliphatic heterocycles. The van der Waals surface area contributed by atoms with E-state index in [1.807, 2.05) is 0 Å². The summed E-state index contributed by atoms with van der Waals surface area (Å²) in [5.41, 5.74) is 6.35. The Kier molecular flexibility index (Phi) is 1.94. The summed E-state index contributed by atoms with van der Waals surface area (Å²) in [6.07, 6.45) is 3.16. The summed E-state index contributed by atoms with van der Waals surface area (Å²) in [4.78, 5) is 3.89. The zero-order chi connectivity index (χ0) is 9.26. The standard InChI is InChI=1S/C7H7ClN4O/c8-3-13-6-5-1-2-11-12(5)4-10-7(6)9/h1-2,4H,3,9H2. The molecule has 2 aromatic rings. The van der Waals surface area contributed by atoms with Crippen LogP contribution in [-0.2, 0) is 0 Å². The fourth-order valence-electron chi connectivity index (χ4n) is 1.10. The van der Waals surface area contributed by atoms with Crippen molar-refractivity contribution in [2.24, 2.45) is 0 Å². The van der Waals surface area contributed by atoms with Gasteiger partial charge < -0.3 is 10.5 Å². The van der Waals surface area contributed by atoms with E-state index in [4.69, 9.17) is 22.1 Å². The number of nitrogen functional groups attached to an aromatic ring is 1. The zero-order valence-corrected chi connectivity index (χ0v) is 7.40. The normalized spacial score (nSPS) is 10.5. The second-order valence-electron chi connectivity index (χ2n) is 2.37. The smallest absolute Gasteiger partial charge is 0.188 e. The van der Waals surface area contributed by atoms with E-state index in [1.165, 1.54) is 6.33 Å². The molecule has 0 aliphatic rings. The minimum atomic E-state index is 0.0384. The van der Waals surface area contributed by atoms with E-state index in [2.05, 4.69) is 10.1 Å². The minimum absolute atomic E-state index is 0.0384. The van der Waals surface area contributed by atoms with Gasteiger partial charge in [-0.25, -0.2) is 9.50 Å². The van der Waals surface area contributed by atoms with E-state index < -0.39 is 0 Å². The Hall–Kier alpha value is -1.49. The molecule has 0 amide bonds. The van der Waals surface area contributed by atoms with Gasteiger partial charge in [-0.05, 0) is 6.07 Å². The molecule has 2 rings (SSSR count). The fourth-order valence-corrected chi connectivity index (χ4v) is 1.20. The number of hydrogen-bond donors (Lipinski definition) is 1. The molecular weight excluding hydrogens is 192 g/mol. The number of ether oxygens (including phenoxy) is 1. The first kappa shape index (κ1) is 8.12. The van der Waals surface area contributed by atoms with Crippen molar-refractivity contribution >= 4 is 22.9 Å². The molecule has 0 bridgehead atoms. The number of anilines is 1. The number of alkyl halides is 1. The molecule has 0 atom stereocenters.